The van der Waals surface area contributed by atoms with Gasteiger partial charge in [-0.25, -0.2) is 35.1 Å². The molecule has 6 aromatic rings. The van der Waals surface area contributed by atoms with Crippen LogP contribution in [0.4, 0.5) is 39.5 Å². The third-order valence-corrected chi connectivity index (χ3v) is 17.1. The van der Waals surface area contributed by atoms with Crippen LogP contribution in [-0.4, -0.2) is 25.6 Å². The minimum Gasteiger partial charge on any atom is -0.487 e. The van der Waals surface area contributed by atoms with Crippen LogP contribution in [0.15, 0.2) is 95.8 Å². The van der Waals surface area contributed by atoms with Crippen molar-refractivity contribution in [3.63, 3.8) is 0 Å². The normalized spacial score (nSPS) is 20.6. The Morgan fingerprint density at radius 3 is 1.30 bits per heavy atom. The van der Waals surface area contributed by atoms with E-state index in [2.05, 4.69) is 85.7 Å². The Hall–Kier alpha value is -5.56. The Kier molecular flexibility index (Phi) is 34.2. The van der Waals surface area contributed by atoms with Gasteiger partial charge in [-0.2, -0.15) is 4.39 Å². The lowest BCUT2D eigenvalue weighted by molar-refractivity contribution is -0.187. The monoisotopic (exact) mass is 1280 g/mol. The van der Waals surface area contributed by atoms with E-state index in [1.54, 1.807) is 68.8 Å². The second-order valence-electron chi connectivity index (χ2n) is 25.9. The van der Waals surface area contributed by atoms with Crippen LogP contribution >= 0.6 is 11.6 Å². The molecule has 3 atom stereocenters. The summed E-state index contributed by atoms with van der Waals surface area (Å²) < 4.78 is 133. The van der Waals surface area contributed by atoms with E-state index in [0.717, 1.165) is 66.9 Å². The van der Waals surface area contributed by atoms with Gasteiger partial charge in [-0.05, 0) is 226 Å². The molecule has 11 rings (SSSR count). The Morgan fingerprint density at radius 2 is 0.844 bits per heavy atom. The lowest BCUT2D eigenvalue weighted by Gasteiger charge is -2.24. The summed E-state index contributed by atoms with van der Waals surface area (Å²) in [5, 5.41) is 0.354. The van der Waals surface area contributed by atoms with E-state index in [9.17, 15) is 39.5 Å². The summed E-state index contributed by atoms with van der Waals surface area (Å²) >= 11 is 5.61. The van der Waals surface area contributed by atoms with Gasteiger partial charge in [0.25, 0.3) is 0 Å². The van der Waals surface area contributed by atoms with Gasteiger partial charge in [0, 0.05) is 12.3 Å². The van der Waals surface area contributed by atoms with Crippen LogP contribution < -0.4 is 4.74 Å². The average molecular weight is 1280 g/mol. The van der Waals surface area contributed by atoms with E-state index in [-0.39, 0.29) is 45.8 Å². The Bertz CT molecular complexity index is 3080. The fraction of sp³-hybridized carbons (Fsp3) is 0.506. The minimum atomic E-state index is -1.11. The molecule has 2 fully saturated rings. The maximum atomic E-state index is 13.6. The molecule has 1 saturated heterocycles. The summed E-state index contributed by atoms with van der Waals surface area (Å²) in [6.45, 7) is 36.2. The molecule has 0 aromatic heterocycles. The first-order valence-corrected chi connectivity index (χ1v) is 32.4. The van der Waals surface area contributed by atoms with Crippen molar-refractivity contribution in [1.29, 1.82) is 0 Å². The summed E-state index contributed by atoms with van der Waals surface area (Å²) in [5.74, 6) is -1.83. The van der Waals surface area contributed by atoms with Crippen LogP contribution in [0.2, 0.25) is 5.02 Å². The van der Waals surface area contributed by atoms with Crippen molar-refractivity contribution in [3.8, 4) is 5.75 Å². The van der Waals surface area contributed by atoms with Crippen molar-refractivity contribution in [3.05, 3.63) is 203 Å². The van der Waals surface area contributed by atoms with Gasteiger partial charge in [0.2, 0.25) is 5.82 Å². The van der Waals surface area contributed by atoms with E-state index in [1.807, 2.05) is 20.8 Å². The van der Waals surface area contributed by atoms with E-state index >= 15 is 0 Å². The van der Waals surface area contributed by atoms with Crippen LogP contribution in [0.5, 0.6) is 5.75 Å². The van der Waals surface area contributed by atoms with Gasteiger partial charge < -0.3 is 14.2 Å². The van der Waals surface area contributed by atoms with Crippen molar-refractivity contribution in [1.82, 2.24) is 0 Å². The van der Waals surface area contributed by atoms with Gasteiger partial charge in [-0.3, -0.25) is 0 Å². The van der Waals surface area contributed by atoms with Gasteiger partial charge in [-0.15, -0.1) is 0 Å². The molecule has 6 aromatic carbocycles. The molecule has 3 unspecified atom stereocenters. The summed E-state index contributed by atoms with van der Waals surface area (Å²) in [7, 11) is 0. The van der Waals surface area contributed by atoms with Crippen LogP contribution in [0.25, 0.3) is 10.8 Å². The topological polar surface area (TPSA) is 27.7 Å². The largest absolute Gasteiger partial charge is 0.487 e. The van der Waals surface area contributed by atoms with E-state index in [1.165, 1.54) is 96.3 Å². The molecular weight excluding hydrogens is 1180 g/mol. The Morgan fingerprint density at radius 1 is 0.400 bits per heavy atom. The SMILES string of the molecule is CC1=C(F)CC(C)CC1.CC1=CCC(C)CC1.CC1CCC(C)CC1.CC1COC(C)OC1.Cc1cc2c(c(F)c1F)OC(C)CC2.Cc1cc2ccc(C)c(F)c2c(F)c1F.Cc1ccc(C)c(Cl)c1F.Cc1ccc(C)c(F)c1F.Cc1ccc(C)cc1. The van der Waals surface area contributed by atoms with Crippen LogP contribution in [0.3, 0.4) is 0 Å². The zero-order chi connectivity index (χ0) is 67.7. The predicted octanol–water partition coefficient (Wildman–Crippen LogP) is 24.5. The Labute approximate surface area is 539 Å². The van der Waals surface area contributed by atoms with E-state index in [4.69, 9.17) is 25.8 Å². The third kappa shape index (κ3) is 26.6. The lowest BCUT2D eigenvalue weighted by atomic mass is 9.84. The highest BCUT2D eigenvalue weighted by Gasteiger charge is 2.24. The summed E-state index contributed by atoms with van der Waals surface area (Å²) in [6.07, 6.45) is 16.7. The molecule has 90 heavy (non-hydrogen) atoms. The smallest absolute Gasteiger partial charge is 0.201 e. The quantitative estimate of drug-likeness (QED) is 0.112. The van der Waals surface area contributed by atoms with Gasteiger partial charge in [-0.1, -0.05) is 155 Å². The minimum absolute atomic E-state index is 0.0196. The van der Waals surface area contributed by atoms with Crippen molar-refractivity contribution in [2.75, 3.05) is 13.2 Å². The first-order valence-electron chi connectivity index (χ1n) is 32.0. The molecule has 5 aliphatic rings. The molecule has 0 N–H and O–H groups in total. The van der Waals surface area contributed by atoms with Crippen molar-refractivity contribution < 1.29 is 53.7 Å². The van der Waals surface area contributed by atoms with Gasteiger partial charge in [0.1, 0.15) is 11.6 Å². The molecule has 0 amide bonds. The summed E-state index contributed by atoms with van der Waals surface area (Å²) in [4.78, 5) is 0. The zero-order valence-electron chi connectivity index (χ0n) is 57.0. The van der Waals surface area contributed by atoms with Crippen molar-refractivity contribution >= 4 is 22.4 Å². The average Bonchev–Trinajstić information content (AvgIpc) is 0.880. The zero-order valence-corrected chi connectivity index (χ0v) is 57.7. The second-order valence-corrected chi connectivity index (χ2v) is 26.2. The molecule has 2 aliphatic heterocycles. The van der Waals surface area contributed by atoms with Gasteiger partial charge in [0.15, 0.2) is 41.1 Å². The number of aryl methyl sites for hydroxylation is 10. The van der Waals surface area contributed by atoms with Gasteiger partial charge >= 0.3 is 0 Å². The van der Waals surface area contributed by atoms with Crippen LogP contribution in [0.1, 0.15) is 189 Å². The fourth-order valence-corrected chi connectivity index (χ4v) is 10.1. The first kappa shape index (κ1) is 78.7. The van der Waals surface area contributed by atoms with Crippen LogP contribution in [0, 0.1) is 138 Å². The number of ether oxygens (including phenoxy) is 3. The molecule has 498 valence electrons. The van der Waals surface area contributed by atoms with Crippen molar-refractivity contribution in [2.45, 2.75) is 214 Å². The molecule has 0 bridgehead atoms. The first-order chi connectivity index (χ1) is 42.2. The highest BCUT2D eigenvalue weighted by Crippen LogP contribution is 2.34. The number of halogens is 10. The highest BCUT2D eigenvalue weighted by molar-refractivity contribution is 6.31. The molecule has 0 radical (unpaired) electrons. The highest BCUT2D eigenvalue weighted by atomic mass is 35.5. The van der Waals surface area contributed by atoms with E-state index < -0.39 is 40.7 Å². The van der Waals surface area contributed by atoms with E-state index in [0.29, 0.717) is 51.5 Å². The molecule has 1 saturated carbocycles. The standard InChI is InChI=1S/C12H9F3.C11H12F2O.C8H8ClF.C8H8F2.C8H13F.C8H16.C8H14.C8H10.C6H12O2/c1-6-3-4-8-5-7(2)11(14)12(15)9(8)10(6)13;1-6-5-8-4-3-7(2)14-11(8)10(13)9(6)12;2*1-5-3-4-6(2)8(10)7(5)9;1-6-3-4-7(2)8(9)5-6;3*1-7-3-5-8(2)6-4-7;1-5-3-7-6(2)8-4-5/h3-5H,1-2H3;5,7H,3-4H2,1-2H3;2*3-4H,1-2H3;6H,3-5H2,1-2H3;7-8H,3-6H2,1-2H3;3,8H,4-6H2,1-2H3;3-6H,1-2H3;5-6H,3-4H2,1-2H3. The second kappa shape index (κ2) is 39.1. The van der Waals surface area contributed by atoms with Crippen molar-refractivity contribution in [2.24, 2.45) is 29.6 Å². The molecule has 2 heterocycles. The van der Waals surface area contributed by atoms with Gasteiger partial charge in [0.05, 0.1) is 35.6 Å². The maximum absolute atomic E-state index is 13.6. The third-order valence-electron chi connectivity index (χ3n) is 16.7. The summed E-state index contributed by atoms with van der Waals surface area (Å²) in [5.41, 5.74) is 8.90. The lowest BCUT2D eigenvalue weighted by Crippen LogP contribution is -2.27. The molecule has 3 aliphatic carbocycles. The molecule has 0 spiro atoms. The predicted molar refractivity (Wildman–Crippen MR) is 356 cm³/mol. The Balaban J connectivity index is 0.000000267. The number of fused-ring (bicyclic) bond motifs is 2. The number of hydrogen-bond acceptors (Lipinski definition) is 3. The maximum Gasteiger partial charge on any atom is 0.201 e. The molecular formula is C77H102ClF9O3. The number of benzene rings is 6. The fourth-order valence-electron chi connectivity index (χ4n) is 9.88. The summed E-state index contributed by atoms with van der Waals surface area (Å²) in [6, 6.07) is 21.4. The molecule has 3 nitrogen and oxygen atoms in total. The number of allylic oxidation sites excluding steroid dienone is 4. The van der Waals surface area contributed by atoms with Crippen LogP contribution in [-0.2, 0) is 15.9 Å². The molecule has 13 heteroatoms. The number of hydrogen-bond donors (Lipinski definition) is 0. The number of rotatable bonds is 0.